The minimum Gasteiger partial charge on any atom is -0.452 e. The second-order valence-corrected chi connectivity index (χ2v) is 6.71. The fraction of sp³-hybridized carbons (Fsp3) is 0.200. The van der Waals surface area contributed by atoms with Crippen molar-refractivity contribution < 1.29 is 33.6 Å². The third-order valence-electron chi connectivity index (χ3n) is 3.88. The van der Waals surface area contributed by atoms with Crippen LogP contribution in [0.25, 0.3) is 0 Å². The van der Waals surface area contributed by atoms with Crippen LogP contribution in [0.15, 0.2) is 47.4 Å². The summed E-state index contributed by atoms with van der Waals surface area (Å²) < 4.78 is 9.41. The van der Waals surface area contributed by atoms with Crippen LogP contribution in [0.4, 0.5) is 10.5 Å². The Morgan fingerprint density at radius 3 is 2.35 bits per heavy atom. The van der Waals surface area contributed by atoms with Crippen molar-refractivity contribution in [3.05, 3.63) is 69.3 Å². The third-order valence-corrected chi connectivity index (χ3v) is 4.67. The van der Waals surface area contributed by atoms with Crippen molar-refractivity contribution in [2.24, 2.45) is 0 Å². The van der Waals surface area contributed by atoms with E-state index in [4.69, 9.17) is 4.74 Å². The van der Waals surface area contributed by atoms with Gasteiger partial charge in [-0.05, 0) is 31.4 Å². The van der Waals surface area contributed by atoms with Crippen LogP contribution in [0, 0.1) is 10.1 Å². The lowest BCUT2D eigenvalue weighted by atomic mass is 9.98. The number of benzene rings is 2. The number of carbonyl (C=O) groups excluding carboxylic acids is 4. The fourth-order valence-corrected chi connectivity index (χ4v) is 3.06. The molecular formula is C20H18N2O8S. The van der Waals surface area contributed by atoms with Gasteiger partial charge in [-0.3, -0.25) is 25.0 Å². The lowest BCUT2D eigenvalue weighted by molar-refractivity contribution is -0.387. The first-order valence-corrected chi connectivity index (χ1v) is 10.1. The molecule has 0 aliphatic carbocycles. The highest BCUT2D eigenvalue weighted by molar-refractivity contribution is 7.98. The highest BCUT2D eigenvalue weighted by Crippen LogP contribution is 2.29. The van der Waals surface area contributed by atoms with Crippen LogP contribution in [-0.4, -0.2) is 48.1 Å². The number of amides is 2. The second kappa shape index (κ2) is 10.9. The van der Waals surface area contributed by atoms with Gasteiger partial charge >= 0.3 is 12.1 Å². The number of hydrogen-bond acceptors (Lipinski definition) is 9. The standard InChI is InChI=1S/C20H18N2O8S/c1-3-29-20(26)21-17(23)11-30-19(25)14-7-5-4-6-13(14)18(24)12-8-9-16(31-2)15(10-12)22(27)28/h4-10H,3,11H2,1-2H3,(H,21,23,26). The van der Waals surface area contributed by atoms with E-state index in [-0.39, 0.29) is 29.0 Å². The Balaban J connectivity index is 2.21. The van der Waals surface area contributed by atoms with Crippen LogP contribution in [-0.2, 0) is 14.3 Å². The molecule has 2 aromatic rings. The number of alkyl carbamates (subject to hydrolysis) is 1. The maximum Gasteiger partial charge on any atom is 0.413 e. The van der Waals surface area contributed by atoms with Crippen molar-refractivity contribution >= 4 is 41.2 Å². The summed E-state index contributed by atoms with van der Waals surface area (Å²) in [7, 11) is 0. The summed E-state index contributed by atoms with van der Waals surface area (Å²) in [5, 5.41) is 13.1. The molecule has 0 aromatic heterocycles. The van der Waals surface area contributed by atoms with Crippen LogP contribution in [0.1, 0.15) is 33.2 Å². The second-order valence-electron chi connectivity index (χ2n) is 5.86. The van der Waals surface area contributed by atoms with Gasteiger partial charge in [0.1, 0.15) is 0 Å². The zero-order valence-electron chi connectivity index (χ0n) is 16.6. The normalized spacial score (nSPS) is 10.1. The number of thioether (sulfide) groups is 1. The van der Waals surface area contributed by atoms with Gasteiger partial charge in [-0.15, -0.1) is 11.8 Å². The van der Waals surface area contributed by atoms with Crippen molar-refractivity contribution in [2.45, 2.75) is 11.8 Å². The summed E-state index contributed by atoms with van der Waals surface area (Å²) in [5.41, 5.74) is -0.392. The maximum atomic E-state index is 12.9. The topological polar surface area (TPSA) is 142 Å². The molecule has 0 saturated carbocycles. The van der Waals surface area contributed by atoms with E-state index in [2.05, 4.69) is 4.74 Å². The number of ether oxygens (including phenoxy) is 2. The molecule has 1 N–H and O–H groups in total. The first kappa shape index (κ1) is 23.5. The molecule has 31 heavy (non-hydrogen) atoms. The summed E-state index contributed by atoms with van der Waals surface area (Å²) in [5.74, 6) is -2.50. The number of rotatable bonds is 8. The van der Waals surface area contributed by atoms with Crippen LogP contribution in [0.2, 0.25) is 0 Å². The Bertz CT molecular complexity index is 1040. The number of ketones is 1. The number of nitro groups is 1. The van der Waals surface area contributed by atoms with Gasteiger partial charge in [0, 0.05) is 17.2 Å². The van der Waals surface area contributed by atoms with Crippen molar-refractivity contribution in [2.75, 3.05) is 19.5 Å². The number of hydrogen-bond donors (Lipinski definition) is 1. The highest BCUT2D eigenvalue weighted by atomic mass is 32.2. The average Bonchev–Trinajstić information content (AvgIpc) is 2.76. The van der Waals surface area contributed by atoms with E-state index in [1.54, 1.807) is 13.2 Å². The summed E-state index contributed by atoms with van der Waals surface area (Å²) in [4.78, 5) is 59.2. The number of nitrogens with one attached hydrogen (secondary N) is 1. The zero-order chi connectivity index (χ0) is 23.0. The molecule has 2 amide bonds. The van der Waals surface area contributed by atoms with E-state index in [0.29, 0.717) is 4.90 Å². The molecule has 0 saturated heterocycles. The molecule has 162 valence electrons. The number of carbonyl (C=O) groups is 4. The quantitative estimate of drug-likeness (QED) is 0.213. The molecule has 0 heterocycles. The van der Waals surface area contributed by atoms with E-state index in [1.165, 1.54) is 48.2 Å². The lowest BCUT2D eigenvalue weighted by Gasteiger charge is -2.10. The Labute approximate surface area is 181 Å². The Kier molecular flexibility index (Phi) is 8.26. The monoisotopic (exact) mass is 446 g/mol. The maximum absolute atomic E-state index is 12.9. The molecule has 11 heteroatoms. The Morgan fingerprint density at radius 1 is 1.06 bits per heavy atom. The molecular weight excluding hydrogens is 428 g/mol. The van der Waals surface area contributed by atoms with Gasteiger partial charge in [0.15, 0.2) is 12.4 Å². The fourth-order valence-electron chi connectivity index (χ4n) is 2.51. The molecule has 0 spiro atoms. The van der Waals surface area contributed by atoms with Gasteiger partial charge in [-0.25, -0.2) is 9.59 Å². The number of imide groups is 1. The van der Waals surface area contributed by atoms with Crippen molar-refractivity contribution in [1.29, 1.82) is 0 Å². The lowest BCUT2D eigenvalue weighted by Crippen LogP contribution is -2.34. The largest absolute Gasteiger partial charge is 0.452 e. The number of nitrogens with zero attached hydrogens (tertiary/aromatic N) is 1. The molecule has 0 atom stereocenters. The van der Waals surface area contributed by atoms with Crippen LogP contribution >= 0.6 is 11.8 Å². The van der Waals surface area contributed by atoms with Gasteiger partial charge in [0.2, 0.25) is 0 Å². The van der Waals surface area contributed by atoms with Crippen molar-refractivity contribution in [3.8, 4) is 0 Å². The van der Waals surface area contributed by atoms with Crippen molar-refractivity contribution in [3.63, 3.8) is 0 Å². The van der Waals surface area contributed by atoms with Crippen molar-refractivity contribution in [1.82, 2.24) is 5.32 Å². The molecule has 0 bridgehead atoms. The predicted octanol–water partition coefficient (Wildman–Crippen LogP) is 2.98. The van der Waals surface area contributed by atoms with Crippen LogP contribution in [0.3, 0.4) is 0 Å². The minimum absolute atomic E-state index is 0.0183. The van der Waals surface area contributed by atoms with E-state index in [9.17, 15) is 29.3 Å². The molecule has 0 unspecified atom stereocenters. The molecule has 0 aliphatic rings. The van der Waals surface area contributed by atoms with E-state index in [0.717, 1.165) is 6.07 Å². The number of nitro benzene ring substituents is 1. The van der Waals surface area contributed by atoms with Gasteiger partial charge in [0.05, 0.1) is 22.0 Å². The average molecular weight is 446 g/mol. The Morgan fingerprint density at radius 2 is 1.74 bits per heavy atom. The first-order chi connectivity index (χ1) is 14.8. The van der Waals surface area contributed by atoms with E-state index >= 15 is 0 Å². The molecule has 0 radical (unpaired) electrons. The van der Waals surface area contributed by atoms with Gasteiger partial charge in [-0.1, -0.05) is 18.2 Å². The third kappa shape index (κ3) is 6.12. The molecule has 0 fully saturated rings. The molecule has 10 nitrogen and oxygen atoms in total. The molecule has 2 aromatic carbocycles. The summed E-state index contributed by atoms with van der Waals surface area (Å²) in [6.45, 7) is 0.847. The zero-order valence-corrected chi connectivity index (χ0v) is 17.4. The van der Waals surface area contributed by atoms with Crippen LogP contribution < -0.4 is 5.32 Å². The SMILES string of the molecule is CCOC(=O)NC(=O)COC(=O)c1ccccc1C(=O)c1ccc(SC)c([N+](=O)[O-])c1. The van der Waals surface area contributed by atoms with Gasteiger partial charge in [0.25, 0.3) is 11.6 Å². The molecule has 2 rings (SSSR count). The van der Waals surface area contributed by atoms with Gasteiger partial charge in [-0.2, -0.15) is 0 Å². The number of esters is 1. The Hall–Kier alpha value is -3.73. The minimum atomic E-state index is -0.977. The summed E-state index contributed by atoms with van der Waals surface area (Å²) in [6.07, 6.45) is 0.696. The molecule has 0 aliphatic heterocycles. The smallest absolute Gasteiger partial charge is 0.413 e. The summed E-state index contributed by atoms with van der Waals surface area (Å²) in [6, 6.07) is 9.72. The van der Waals surface area contributed by atoms with Crippen LogP contribution in [0.5, 0.6) is 0 Å². The van der Waals surface area contributed by atoms with E-state index < -0.39 is 35.3 Å². The van der Waals surface area contributed by atoms with E-state index in [1.807, 2.05) is 5.32 Å². The summed E-state index contributed by atoms with van der Waals surface area (Å²) >= 11 is 1.17. The first-order valence-electron chi connectivity index (χ1n) is 8.88. The predicted molar refractivity (Wildman–Crippen MR) is 110 cm³/mol. The highest BCUT2D eigenvalue weighted by Gasteiger charge is 2.23. The van der Waals surface area contributed by atoms with Gasteiger partial charge < -0.3 is 9.47 Å².